The Hall–Kier alpha value is -1.35. The number of fused-ring (bicyclic) bond motifs is 1. The first-order chi connectivity index (χ1) is 7.27. The van der Waals surface area contributed by atoms with E-state index < -0.39 is 5.97 Å². The van der Waals surface area contributed by atoms with E-state index in [-0.39, 0.29) is 6.10 Å². The first-order valence-corrected chi connectivity index (χ1v) is 5.19. The first-order valence-electron chi connectivity index (χ1n) is 5.19. The molecule has 0 amide bonds. The summed E-state index contributed by atoms with van der Waals surface area (Å²) < 4.78 is 0. The zero-order chi connectivity index (χ0) is 10.7. The highest BCUT2D eigenvalue weighted by Gasteiger charge is 2.21. The summed E-state index contributed by atoms with van der Waals surface area (Å²) >= 11 is 0. The summed E-state index contributed by atoms with van der Waals surface area (Å²) in [6.45, 7) is 1.34. The Morgan fingerprint density at radius 2 is 2.20 bits per heavy atom. The van der Waals surface area contributed by atoms with Gasteiger partial charge in [-0.1, -0.05) is 24.3 Å². The van der Waals surface area contributed by atoms with E-state index in [1.807, 2.05) is 18.2 Å². The van der Waals surface area contributed by atoms with Gasteiger partial charge in [-0.25, -0.2) is 4.79 Å². The lowest BCUT2D eigenvalue weighted by molar-refractivity contribution is -0.301. The van der Waals surface area contributed by atoms with Crippen LogP contribution in [0.15, 0.2) is 24.3 Å². The largest absolute Gasteiger partial charge is 0.339 e. The Morgan fingerprint density at radius 1 is 1.40 bits per heavy atom. The third kappa shape index (κ3) is 2.36. The standard InChI is InChI=1S/C12H14O3/c1-9(13)14-15-12-8-4-6-10-5-2-3-7-11(10)12/h2-3,5,7,12H,4,6,8H2,1H3/t12-/m1/s1. The third-order valence-electron chi connectivity index (χ3n) is 2.60. The van der Waals surface area contributed by atoms with Gasteiger partial charge in [0.2, 0.25) is 0 Å². The van der Waals surface area contributed by atoms with Gasteiger partial charge in [-0.3, -0.25) is 4.89 Å². The smallest absolute Gasteiger partial charge is 0.298 e. The maximum atomic E-state index is 10.7. The fourth-order valence-electron chi connectivity index (χ4n) is 1.94. The molecule has 0 saturated carbocycles. The molecule has 3 heteroatoms. The summed E-state index contributed by atoms with van der Waals surface area (Å²) in [6.07, 6.45) is 2.96. The van der Waals surface area contributed by atoms with Crippen LogP contribution >= 0.6 is 0 Å². The van der Waals surface area contributed by atoms with Crippen molar-refractivity contribution in [3.05, 3.63) is 35.4 Å². The van der Waals surface area contributed by atoms with E-state index in [4.69, 9.17) is 4.89 Å². The highest BCUT2D eigenvalue weighted by Crippen LogP contribution is 2.32. The summed E-state index contributed by atoms with van der Waals surface area (Å²) in [5.41, 5.74) is 2.44. The number of carbonyl (C=O) groups excluding carboxylic acids is 1. The summed E-state index contributed by atoms with van der Waals surface area (Å²) in [4.78, 5) is 20.4. The fraction of sp³-hybridized carbons (Fsp3) is 0.417. The van der Waals surface area contributed by atoms with E-state index in [1.54, 1.807) is 0 Å². The number of carbonyl (C=O) groups is 1. The highest BCUT2D eigenvalue weighted by molar-refractivity contribution is 5.65. The minimum atomic E-state index is -0.405. The van der Waals surface area contributed by atoms with E-state index in [2.05, 4.69) is 11.0 Å². The van der Waals surface area contributed by atoms with E-state index in [0.29, 0.717) is 0 Å². The molecule has 0 fully saturated rings. The summed E-state index contributed by atoms with van der Waals surface area (Å²) in [7, 11) is 0. The van der Waals surface area contributed by atoms with Gasteiger partial charge in [0.05, 0.1) is 0 Å². The molecule has 2 rings (SSSR count). The van der Waals surface area contributed by atoms with E-state index in [9.17, 15) is 4.79 Å². The molecule has 0 unspecified atom stereocenters. The van der Waals surface area contributed by atoms with Crippen LogP contribution in [0.25, 0.3) is 0 Å². The molecule has 1 aliphatic rings. The van der Waals surface area contributed by atoms with Crippen LogP contribution in [0, 0.1) is 0 Å². The average molecular weight is 206 g/mol. The third-order valence-corrected chi connectivity index (χ3v) is 2.60. The second-order valence-corrected chi connectivity index (χ2v) is 3.75. The zero-order valence-corrected chi connectivity index (χ0v) is 8.73. The van der Waals surface area contributed by atoms with Crippen molar-refractivity contribution in [1.82, 2.24) is 0 Å². The molecule has 15 heavy (non-hydrogen) atoms. The van der Waals surface area contributed by atoms with E-state index in [0.717, 1.165) is 24.8 Å². The van der Waals surface area contributed by atoms with Crippen LogP contribution in [0.2, 0.25) is 0 Å². The Bertz CT molecular complexity index is 360. The molecule has 0 N–H and O–H groups in total. The molecule has 1 atom stereocenters. The number of benzene rings is 1. The van der Waals surface area contributed by atoms with Crippen LogP contribution in [0.3, 0.4) is 0 Å². The average Bonchev–Trinajstić information content (AvgIpc) is 2.26. The molecule has 1 aromatic rings. The zero-order valence-electron chi connectivity index (χ0n) is 8.73. The molecule has 0 aromatic heterocycles. The van der Waals surface area contributed by atoms with Crippen molar-refractivity contribution in [1.29, 1.82) is 0 Å². The topological polar surface area (TPSA) is 35.5 Å². The van der Waals surface area contributed by atoms with Crippen molar-refractivity contribution < 1.29 is 14.6 Å². The minimum Gasteiger partial charge on any atom is -0.298 e. The van der Waals surface area contributed by atoms with Gasteiger partial charge in [0.1, 0.15) is 6.10 Å². The minimum absolute atomic E-state index is 0.0983. The van der Waals surface area contributed by atoms with Crippen molar-refractivity contribution in [2.45, 2.75) is 32.3 Å². The van der Waals surface area contributed by atoms with Crippen LogP contribution in [0.5, 0.6) is 0 Å². The molecule has 0 saturated heterocycles. The molecular formula is C12H14O3. The molecule has 0 bridgehead atoms. The number of aryl methyl sites for hydroxylation is 1. The van der Waals surface area contributed by atoms with Crippen molar-refractivity contribution >= 4 is 5.97 Å². The number of hydrogen-bond acceptors (Lipinski definition) is 3. The molecule has 1 aromatic carbocycles. The molecule has 1 aliphatic carbocycles. The Kier molecular flexibility index (Phi) is 3.02. The van der Waals surface area contributed by atoms with Gasteiger partial charge >= 0.3 is 5.97 Å². The molecule has 0 aliphatic heterocycles. The predicted molar refractivity (Wildman–Crippen MR) is 55.0 cm³/mol. The molecule has 0 radical (unpaired) electrons. The van der Waals surface area contributed by atoms with Crippen LogP contribution in [0.1, 0.15) is 37.0 Å². The lowest BCUT2D eigenvalue weighted by Gasteiger charge is -2.23. The molecule has 3 nitrogen and oxygen atoms in total. The predicted octanol–water partition coefficient (Wildman–Crippen LogP) is 2.56. The van der Waals surface area contributed by atoms with Crippen molar-refractivity contribution in [3.8, 4) is 0 Å². The van der Waals surface area contributed by atoms with Gasteiger partial charge in [0, 0.05) is 6.92 Å². The number of hydrogen-bond donors (Lipinski definition) is 0. The molecule has 0 heterocycles. The molecule has 80 valence electrons. The quantitative estimate of drug-likeness (QED) is 0.551. The maximum Gasteiger partial charge on any atom is 0.339 e. The van der Waals surface area contributed by atoms with Gasteiger partial charge < -0.3 is 0 Å². The normalized spacial score (nSPS) is 19.4. The van der Waals surface area contributed by atoms with E-state index >= 15 is 0 Å². The van der Waals surface area contributed by atoms with Crippen LogP contribution in [-0.2, 0) is 21.0 Å². The Morgan fingerprint density at radius 3 is 3.00 bits per heavy atom. The lowest BCUT2D eigenvalue weighted by Crippen LogP contribution is -2.14. The SMILES string of the molecule is CC(=O)OO[C@@H]1CCCc2ccccc21. The highest BCUT2D eigenvalue weighted by atomic mass is 17.2. The van der Waals surface area contributed by atoms with Crippen molar-refractivity contribution in [2.75, 3.05) is 0 Å². The maximum absolute atomic E-state index is 10.7. The van der Waals surface area contributed by atoms with E-state index in [1.165, 1.54) is 12.5 Å². The van der Waals surface area contributed by atoms with Gasteiger partial charge in [-0.05, 0) is 30.4 Å². The fourth-order valence-corrected chi connectivity index (χ4v) is 1.94. The van der Waals surface area contributed by atoms with Crippen molar-refractivity contribution in [3.63, 3.8) is 0 Å². The summed E-state index contributed by atoms with van der Waals surface area (Å²) in [5, 5.41) is 0. The van der Waals surface area contributed by atoms with Crippen LogP contribution in [0.4, 0.5) is 0 Å². The Labute approximate surface area is 88.9 Å². The first kappa shape index (κ1) is 10.2. The number of rotatable bonds is 2. The second-order valence-electron chi connectivity index (χ2n) is 3.75. The van der Waals surface area contributed by atoms with Gasteiger partial charge in [-0.2, -0.15) is 4.89 Å². The van der Waals surface area contributed by atoms with Gasteiger partial charge in [0.15, 0.2) is 0 Å². The summed E-state index contributed by atoms with van der Waals surface area (Å²) in [6, 6.07) is 8.13. The Balaban J connectivity index is 2.11. The van der Waals surface area contributed by atoms with Gasteiger partial charge in [0.25, 0.3) is 0 Å². The van der Waals surface area contributed by atoms with Gasteiger partial charge in [-0.15, -0.1) is 0 Å². The molecular weight excluding hydrogens is 192 g/mol. The van der Waals surface area contributed by atoms with Crippen LogP contribution < -0.4 is 0 Å². The molecule has 0 spiro atoms. The monoisotopic (exact) mass is 206 g/mol. The lowest BCUT2D eigenvalue weighted by atomic mass is 9.90. The summed E-state index contributed by atoms with van der Waals surface area (Å²) in [5.74, 6) is -0.405. The second kappa shape index (κ2) is 4.45. The van der Waals surface area contributed by atoms with Crippen LogP contribution in [-0.4, -0.2) is 5.97 Å². The van der Waals surface area contributed by atoms with Crippen molar-refractivity contribution in [2.24, 2.45) is 0 Å².